The van der Waals surface area contributed by atoms with Crippen LogP contribution in [0.25, 0.3) is 0 Å². The number of amides is 2. The number of carbonyl (C=O) groups is 2. The predicted octanol–water partition coefficient (Wildman–Crippen LogP) is 6.45. The lowest BCUT2D eigenvalue weighted by molar-refractivity contribution is -0.295. The van der Waals surface area contributed by atoms with Gasteiger partial charge in [-0.05, 0) is 105 Å². The van der Waals surface area contributed by atoms with E-state index in [4.69, 9.17) is 9.47 Å². The minimum atomic E-state index is -4.89. The summed E-state index contributed by atoms with van der Waals surface area (Å²) in [6.07, 6.45) is 2.77. The van der Waals surface area contributed by atoms with E-state index in [0.717, 1.165) is 44.3 Å². The van der Waals surface area contributed by atoms with Crippen molar-refractivity contribution in [2.24, 2.45) is 28.0 Å². The molecule has 1 spiro atoms. The smallest absolute Gasteiger partial charge is 0.417 e. The first kappa shape index (κ1) is 36.9. The summed E-state index contributed by atoms with van der Waals surface area (Å²) in [5, 5.41) is 9.92. The van der Waals surface area contributed by atoms with E-state index in [0.29, 0.717) is 31.2 Å². The number of nitrogens with zero attached hydrogens (tertiary/aromatic N) is 2. The van der Waals surface area contributed by atoms with Gasteiger partial charge in [0.25, 0.3) is 5.91 Å². The standard InChI is InChI=1S/C39H48F3N3O6S/c1-24-9-13-31-26(16-24)7-5-15-37(31)22-45-20-28-10-12-30(28)33(50-3)8-4-6-25(2)21-52(49,44-36(47)29-18-38(48,19-29)39(40,41)42)43-35(46)27-11-14-34(51-23-37)32(45)17-27/h4,8-9,11,13-14,16-17,25,28-30,33,48H,5-7,10,12,15,18-23H2,1-3H3,(H,43,44,46,47,49)/b8-4+/t25-,28-,29?,30+,33-,37-,38?,52?/m0/s1. The Balaban J connectivity index is 1.26. The van der Waals surface area contributed by atoms with Crippen LogP contribution in [0.15, 0.2) is 52.9 Å². The Labute approximate surface area is 303 Å². The van der Waals surface area contributed by atoms with Gasteiger partial charge in [-0.25, -0.2) is 4.21 Å². The van der Waals surface area contributed by atoms with Gasteiger partial charge in [0.05, 0.1) is 24.2 Å². The first-order valence-electron chi connectivity index (χ1n) is 18.3. The number of benzene rings is 2. The van der Waals surface area contributed by atoms with Crippen LogP contribution >= 0.6 is 0 Å². The van der Waals surface area contributed by atoms with Crippen molar-refractivity contribution >= 4 is 27.4 Å². The van der Waals surface area contributed by atoms with Crippen LogP contribution in [0.3, 0.4) is 0 Å². The van der Waals surface area contributed by atoms with Gasteiger partial charge in [-0.2, -0.15) is 13.2 Å². The normalized spacial score (nSPS) is 35.4. The van der Waals surface area contributed by atoms with Crippen molar-refractivity contribution in [1.29, 1.82) is 0 Å². The molecule has 282 valence electrons. The van der Waals surface area contributed by atoms with Gasteiger partial charge in [0, 0.05) is 37.1 Å². The van der Waals surface area contributed by atoms with Gasteiger partial charge >= 0.3 is 6.18 Å². The molecule has 2 aromatic rings. The lowest BCUT2D eigenvalue weighted by Gasteiger charge is -2.46. The molecule has 5 aliphatic rings. The number of allylic oxidation sites excluding steroid dienone is 1. The fourth-order valence-corrected chi connectivity index (χ4v) is 10.9. The number of aryl methyl sites for hydroxylation is 2. The van der Waals surface area contributed by atoms with E-state index in [2.05, 4.69) is 39.1 Å². The number of methoxy groups -OCH3 is 1. The Morgan fingerprint density at radius 3 is 2.67 bits per heavy atom. The summed E-state index contributed by atoms with van der Waals surface area (Å²) in [5.41, 5.74) is 1.51. The summed E-state index contributed by atoms with van der Waals surface area (Å²) in [6.45, 7) is 5.80. The molecule has 2 fully saturated rings. The second-order valence-electron chi connectivity index (χ2n) is 15.9. The van der Waals surface area contributed by atoms with Crippen LogP contribution in [0.4, 0.5) is 18.9 Å². The average molecular weight is 744 g/mol. The maximum absolute atomic E-state index is 14.4. The molecule has 0 aromatic heterocycles. The lowest BCUT2D eigenvalue weighted by atomic mass is 9.68. The van der Waals surface area contributed by atoms with Crippen LogP contribution in [0.1, 0.15) is 78.9 Å². The Morgan fingerprint density at radius 1 is 1.17 bits per heavy atom. The zero-order chi connectivity index (χ0) is 37.1. The van der Waals surface area contributed by atoms with E-state index in [1.807, 2.05) is 19.1 Å². The van der Waals surface area contributed by atoms with Crippen molar-refractivity contribution in [1.82, 2.24) is 4.72 Å². The van der Waals surface area contributed by atoms with Crippen LogP contribution in [0.2, 0.25) is 0 Å². The number of ether oxygens (including phenoxy) is 2. The topological polar surface area (TPSA) is 118 Å². The summed E-state index contributed by atoms with van der Waals surface area (Å²) in [7, 11) is -2.08. The second kappa shape index (κ2) is 13.8. The SMILES string of the molecule is CO[C@H]1/C=C/C[C@H](C)CS(=O)(NC(=O)C2CC(O)(C(F)(F)F)C2)=NC(=O)c2ccc3c(c2)N(C[C@@H]2CC[C@H]21)C[C@@]1(CCCc2cc(C)ccc21)CO3. The monoisotopic (exact) mass is 743 g/mol. The number of hydrogen-bond acceptors (Lipinski definition) is 7. The molecule has 52 heavy (non-hydrogen) atoms. The highest BCUT2D eigenvalue weighted by Crippen LogP contribution is 2.49. The molecule has 3 aliphatic carbocycles. The number of anilines is 1. The summed E-state index contributed by atoms with van der Waals surface area (Å²) in [5.74, 6) is -2.22. The average Bonchev–Trinajstić information content (AvgIpc) is 3.20. The Hall–Kier alpha value is -3.42. The summed E-state index contributed by atoms with van der Waals surface area (Å²) >= 11 is 0. The maximum atomic E-state index is 14.4. The predicted molar refractivity (Wildman–Crippen MR) is 192 cm³/mol. The van der Waals surface area contributed by atoms with E-state index in [9.17, 15) is 32.1 Å². The van der Waals surface area contributed by atoms with Crippen LogP contribution in [-0.2, 0) is 31.3 Å². The number of halogens is 3. The first-order valence-corrected chi connectivity index (χ1v) is 20.0. The molecule has 2 amide bonds. The minimum absolute atomic E-state index is 0.137. The molecule has 2 aliphatic heterocycles. The summed E-state index contributed by atoms with van der Waals surface area (Å²) < 4.78 is 73.3. The zero-order valence-electron chi connectivity index (χ0n) is 29.9. The number of alkyl halides is 3. The van der Waals surface area contributed by atoms with Crippen LogP contribution in [-0.4, -0.2) is 71.6 Å². The third-order valence-electron chi connectivity index (χ3n) is 12.0. The molecule has 1 unspecified atom stereocenters. The maximum Gasteiger partial charge on any atom is 0.417 e. The van der Waals surface area contributed by atoms with Crippen molar-refractivity contribution in [2.75, 3.05) is 37.5 Å². The molecule has 2 heterocycles. The molecule has 6 atom stereocenters. The van der Waals surface area contributed by atoms with Gasteiger partial charge in [-0.15, -0.1) is 4.36 Å². The molecule has 2 bridgehead atoms. The molecular weight excluding hydrogens is 696 g/mol. The van der Waals surface area contributed by atoms with Crippen molar-refractivity contribution in [3.63, 3.8) is 0 Å². The van der Waals surface area contributed by atoms with Gasteiger partial charge in [-0.1, -0.05) is 42.8 Å². The molecule has 0 radical (unpaired) electrons. The highest BCUT2D eigenvalue weighted by Gasteiger charge is 2.63. The van der Waals surface area contributed by atoms with Gasteiger partial charge in [0.15, 0.2) is 5.60 Å². The lowest BCUT2D eigenvalue weighted by Crippen LogP contribution is -2.59. The molecule has 2 N–H and O–H groups in total. The van der Waals surface area contributed by atoms with Crippen molar-refractivity contribution < 1.29 is 41.5 Å². The number of carbonyl (C=O) groups excluding carboxylic acids is 2. The van der Waals surface area contributed by atoms with E-state index in [-0.39, 0.29) is 34.7 Å². The quantitative estimate of drug-likeness (QED) is 0.348. The van der Waals surface area contributed by atoms with E-state index < -0.39 is 52.3 Å². The zero-order valence-corrected chi connectivity index (χ0v) is 30.7. The van der Waals surface area contributed by atoms with Crippen molar-refractivity contribution in [2.45, 2.75) is 88.5 Å². The Kier molecular flexibility index (Phi) is 9.78. The highest BCUT2D eigenvalue weighted by molar-refractivity contribution is 7.92. The largest absolute Gasteiger partial charge is 0.490 e. The number of rotatable bonds is 3. The van der Waals surface area contributed by atoms with Crippen LogP contribution < -0.4 is 14.4 Å². The molecular formula is C39H48F3N3O6S. The van der Waals surface area contributed by atoms with E-state index >= 15 is 0 Å². The summed E-state index contributed by atoms with van der Waals surface area (Å²) in [6, 6.07) is 11.7. The summed E-state index contributed by atoms with van der Waals surface area (Å²) in [4.78, 5) is 29.4. The third kappa shape index (κ3) is 7.00. The van der Waals surface area contributed by atoms with Gasteiger partial charge in [-0.3, -0.25) is 14.3 Å². The molecule has 2 saturated carbocycles. The molecule has 7 rings (SSSR count). The molecule has 9 nitrogen and oxygen atoms in total. The fraction of sp³-hybridized carbons (Fsp3) is 0.590. The number of fused-ring (bicyclic) bond motifs is 4. The van der Waals surface area contributed by atoms with E-state index in [1.54, 1.807) is 25.3 Å². The van der Waals surface area contributed by atoms with Crippen LogP contribution in [0.5, 0.6) is 5.75 Å². The van der Waals surface area contributed by atoms with Crippen molar-refractivity contribution in [3.8, 4) is 5.75 Å². The van der Waals surface area contributed by atoms with Gasteiger partial charge in [0.1, 0.15) is 15.7 Å². The van der Waals surface area contributed by atoms with Gasteiger partial charge < -0.3 is 19.5 Å². The number of nitrogens with one attached hydrogen (secondary N) is 1. The van der Waals surface area contributed by atoms with Crippen molar-refractivity contribution in [3.05, 3.63) is 70.8 Å². The third-order valence-corrected chi connectivity index (χ3v) is 14.0. The molecule has 2 aromatic carbocycles. The first-order chi connectivity index (χ1) is 24.6. The number of hydrogen-bond donors (Lipinski definition) is 2. The Bertz CT molecular complexity index is 1880. The van der Waals surface area contributed by atoms with E-state index in [1.165, 1.54) is 16.7 Å². The molecule has 0 saturated heterocycles. The van der Waals surface area contributed by atoms with Gasteiger partial charge in [0.2, 0.25) is 5.91 Å². The molecule has 13 heteroatoms. The minimum Gasteiger partial charge on any atom is -0.490 e. The highest BCUT2D eigenvalue weighted by atomic mass is 32.2. The number of aliphatic hydroxyl groups is 1. The Morgan fingerprint density at radius 2 is 1.96 bits per heavy atom. The van der Waals surface area contributed by atoms with Crippen LogP contribution in [0, 0.1) is 30.6 Å². The second-order valence-corrected chi connectivity index (χ2v) is 17.9. The fourth-order valence-electron chi connectivity index (χ4n) is 8.94.